The van der Waals surface area contributed by atoms with E-state index in [2.05, 4.69) is 39.4 Å². The SMILES string of the molecule is Cc1nnc2sc(C(=O)N3CCN(Cc4ccccc4)CC3)c(C)n12. The van der Waals surface area contributed by atoms with E-state index in [1.54, 1.807) is 0 Å². The summed E-state index contributed by atoms with van der Waals surface area (Å²) in [5, 5.41) is 8.21. The summed E-state index contributed by atoms with van der Waals surface area (Å²) in [7, 11) is 0. The third kappa shape index (κ3) is 3.05. The lowest BCUT2D eigenvalue weighted by Gasteiger charge is -2.34. The van der Waals surface area contributed by atoms with Crippen LogP contribution in [0.15, 0.2) is 30.3 Å². The average Bonchev–Trinajstić information content (AvgIpc) is 3.16. The van der Waals surface area contributed by atoms with Crippen LogP contribution in [0.25, 0.3) is 4.96 Å². The fourth-order valence-corrected chi connectivity index (χ4v) is 4.43. The van der Waals surface area contributed by atoms with Crippen LogP contribution in [-0.4, -0.2) is 56.5 Å². The predicted octanol–water partition coefficient (Wildman–Crippen LogP) is 2.37. The second-order valence-corrected chi connectivity index (χ2v) is 7.41. The van der Waals surface area contributed by atoms with Crippen molar-refractivity contribution in [2.45, 2.75) is 20.4 Å². The highest BCUT2D eigenvalue weighted by molar-refractivity contribution is 7.19. The van der Waals surface area contributed by atoms with Crippen molar-refractivity contribution in [3.8, 4) is 0 Å². The molecule has 0 unspecified atom stereocenters. The Morgan fingerprint density at radius 1 is 1.08 bits per heavy atom. The Kier molecular flexibility index (Phi) is 4.27. The molecule has 1 aliphatic heterocycles. The van der Waals surface area contributed by atoms with Crippen LogP contribution in [0, 0.1) is 13.8 Å². The van der Waals surface area contributed by atoms with Crippen molar-refractivity contribution in [3.63, 3.8) is 0 Å². The largest absolute Gasteiger partial charge is 0.335 e. The number of rotatable bonds is 3. The molecule has 2 aromatic heterocycles. The smallest absolute Gasteiger partial charge is 0.265 e. The van der Waals surface area contributed by atoms with Gasteiger partial charge in [-0.3, -0.25) is 14.1 Å². The van der Waals surface area contributed by atoms with Crippen LogP contribution >= 0.6 is 11.3 Å². The molecule has 1 amide bonds. The molecule has 0 atom stereocenters. The number of nitrogens with zero attached hydrogens (tertiary/aromatic N) is 5. The van der Waals surface area contributed by atoms with Crippen molar-refractivity contribution < 1.29 is 4.79 Å². The van der Waals surface area contributed by atoms with Crippen molar-refractivity contribution in [3.05, 3.63) is 52.3 Å². The number of aromatic nitrogens is 3. The van der Waals surface area contributed by atoms with Crippen LogP contribution in [0.5, 0.6) is 0 Å². The molecule has 0 radical (unpaired) electrons. The molecule has 3 aromatic rings. The van der Waals surface area contributed by atoms with Gasteiger partial charge in [0.05, 0.1) is 0 Å². The molecule has 0 N–H and O–H groups in total. The molecule has 0 aliphatic carbocycles. The predicted molar refractivity (Wildman–Crippen MR) is 98.0 cm³/mol. The zero-order chi connectivity index (χ0) is 17.4. The highest BCUT2D eigenvalue weighted by Crippen LogP contribution is 2.24. The van der Waals surface area contributed by atoms with E-state index < -0.39 is 0 Å². The molecule has 1 aliphatic rings. The average molecular weight is 355 g/mol. The number of hydrogen-bond donors (Lipinski definition) is 0. The number of carbonyl (C=O) groups excluding carboxylic acids is 1. The topological polar surface area (TPSA) is 53.7 Å². The molecule has 130 valence electrons. The Morgan fingerprint density at radius 2 is 1.80 bits per heavy atom. The zero-order valence-corrected chi connectivity index (χ0v) is 15.3. The first-order valence-electron chi connectivity index (χ1n) is 8.50. The van der Waals surface area contributed by atoms with Gasteiger partial charge in [-0.15, -0.1) is 10.2 Å². The number of carbonyl (C=O) groups is 1. The number of benzene rings is 1. The number of hydrogen-bond acceptors (Lipinski definition) is 5. The van der Waals surface area contributed by atoms with E-state index in [1.807, 2.05) is 29.2 Å². The Morgan fingerprint density at radius 3 is 2.48 bits per heavy atom. The molecule has 4 rings (SSSR count). The first kappa shape index (κ1) is 16.2. The van der Waals surface area contributed by atoms with E-state index in [1.165, 1.54) is 16.9 Å². The Labute approximate surface area is 150 Å². The van der Waals surface area contributed by atoms with Crippen molar-refractivity contribution in [1.82, 2.24) is 24.4 Å². The van der Waals surface area contributed by atoms with Gasteiger partial charge in [0.2, 0.25) is 4.96 Å². The molecule has 7 heteroatoms. The van der Waals surface area contributed by atoms with Gasteiger partial charge >= 0.3 is 0 Å². The van der Waals surface area contributed by atoms with E-state index in [0.29, 0.717) is 0 Å². The Hall–Kier alpha value is -2.25. The third-order valence-corrected chi connectivity index (χ3v) is 5.88. The molecule has 25 heavy (non-hydrogen) atoms. The lowest BCUT2D eigenvalue weighted by molar-refractivity contribution is 0.0632. The first-order chi connectivity index (χ1) is 12.1. The molecule has 1 aromatic carbocycles. The summed E-state index contributed by atoms with van der Waals surface area (Å²) in [4.78, 5) is 18.9. The molecule has 1 fully saturated rings. The van der Waals surface area contributed by atoms with Crippen LogP contribution in [0.1, 0.15) is 26.8 Å². The molecule has 1 saturated heterocycles. The minimum absolute atomic E-state index is 0.117. The maximum atomic E-state index is 12.9. The zero-order valence-electron chi connectivity index (χ0n) is 14.5. The number of piperazine rings is 1. The first-order valence-corrected chi connectivity index (χ1v) is 9.32. The van der Waals surface area contributed by atoms with E-state index in [4.69, 9.17) is 0 Å². The van der Waals surface area contributed by atoms with Gasteiger partial charge in [-0.2, -0.15) is 0 Å². The quantitative estimate of drug-likeness (QED) is 0.724. The fraction of sp³-hybridized carbons (Fsp3) is 0.389. The number of fused-ring (bicyclic) bond motifs is 1. The number of amides is 1. The van der Waals surface area contributed by atoms with E-state index >= 15 is 0 Å². The molecule has 6 nitrogen and oxygen atoms in total. The van der Waals surface area contributed by atoms with Gasteiger partial charge in [0.15, 0.2) is 0 Å². The molecule has 0 bridgehead atoms. The minimum atomic E-state index is 0.117. The monoisotopic (exact) mass is 355 g/mol. The van der Waals surface area contributed by atoms with Gasteiger partial charge in [-0.1, -0.05) is 41.7 Å². The second-order valence-electron chi connectivity index (χ2n) is 6.44. The van der Waals surface area contributed by atoms with Gasteiger partial charge in [-0.05, 0) is 19.4 Å². The summed E-state index contributed by atoms with van der Waals surface area (Å²) in [5.41, 5.74) is 2.26. The van der Waals surface area contributed by atoms with Crippen LogP contribution in [0.3, 0.4) is 0 Å². The third-order valence-electron chi connectivity index (χ3n) is 4.76. The summed E-state index contributed by atoms with van der Waals surface area (Å²) in [6.45, 7) is 8.17. The number of aryl methyl sites for hydroxylation is 2. The molecule has 3 heterocycles. The highest BCUT2D eigenvalue weighted by atomic mass is 32.1. The summed E-state index contributed by atoms with van der Waals surface area (Å²) >= 11 is 1.43. The van der Waals surface area contributed by atoms with Crippen molar-refractivity contribution >= 4 is 22.2 Å². The van der Waals surface area contributed by atoms with Gasteiger partial charge in [0.25, 0.3) is 5.91 Å². The van der Waals surface area contributed by atoms with Crippen molar-refractivity contribution in [1.29, 1.82) is 0 Å². The van der Waals surface area contributed by atoms with Crippen LogP contribution in [-0.2, 0) is 6.54 Å². The Bertz CT molecular complexity index is 893. The lowest BCUT2D eigenvalue weighted by atomic mass is 10.2. The summed E-state index contributed by atoms with van der Waals surface area (Å²) in [6.07, 6.45) is 0. The maximum Gasteiger partial charge on any atom is 0.265 e. The van der Waals surface area contributed by atoms with E-state index in [0.717, 1.165) is 54.1 Å². The fourth-order valence-electron chi connectivity index (χ4n) is 3.35. The minimum Gasteiger partial charge on any atom is -0.335 e. The van der Waals surface area contributed by atoms with Gasteiger partial charge < -0.3 is 4.90 Å². The molecule has 0 saturated carbocycles. The maximum absolute atomic E-state index is 12.9. The standard InChI is InChI=1S/C18H21N5OS/c1-13-16(25-18-20-19-14(2)23(13)18)17(24)22-10-8-21(9-11-22)12-15-6-4-3-5-7-15/h3-7H,8-12H2,1-2H3. The van der Waals surface area contributed by atoms with Gasteiger partial charge in [-0.25, -0.2) is 0 Å². The summed E-state index contributed by atoms with van der Waals surface area (Å²) in [6, 6.07) is 10.5. The van der Waals surface area contributed by atoms with Crippen LogP contribution in [0.4, 0.5) is 0 Å². The molecule has 0 spiro atoms. The van der Waals surface area contributed by atoms with Crippen LogP contribution in [0.2, 0.25) is 0 Å². The summed E-state index contributed by atoms with van der Waals surface area (Å²) in [5.74, 6) is 0.947. The van der Waals surface area contributed by atoms with E-state index in [9.17, 15) is 4.79 Å². The van der Waals surface area contributed by atoms with Crippen LogP contribution < -0.4 is 0 Å². The van der Waals surface area contributed by atoms with Gasteiger partial charge in [0, 0.05) is 38.4 Å². The highest BCUT2D eigenvalue weighted by Gasteiger charge is 2.26. The normalized spacial score (nSPS) is 15.8. The lowest BCUT2D eigenvalue weighted by Crippen LogP contribution is -2.48. The molecular weight excluding hydrogens is 334 g/mol. The van der Waals surface area contributed by atoms with E-state index in [-0.39, 0.29) is 5.91 Å². The summed E-state index contributed by atoms with van der Waals surface area (Å²) < 4.78 is 1.96. The van der Waals surface area contributed by atoms with Crippen molar-refractivity contribution in [2.75, 3.05) is 26.2 Å². The van der Waals surface area contributed by atoms with Crippen molar-refractivity contribution in [2.24, 2.45) is 0 Å². The second kappa shape index (κ2) is 6.57. The number of thiazole rings is 1. The molecular formula is C18H21N5OS. The Balaban J connectivity index is 1.43. The van der Waals surface area contributed by atoms with Gasteiger partial charge in [0.1, 0.15) is 10.7 Å².